The van der Waals surface area contributed by atoms with Crippen molar-refractivity contribution in [3.05, 3.63) is 60.2 Å². The number of hydrogen-bond donors (Lipinski definition) is 2. The summed E-state index contributed by atoms with van der Waals surface area (Å²) in [6, 6.07) is 15.2. The normalized spacial score (nSPS) is 15.4. The van der Waals surface area contributed by atoms with Crippen molar-refractivity contribution in [1.82, 2.24) is 5.32 Å². The van der Waals surface area contributed by atoms with Gasteiger partial charge in [0.1, 0.15) is 13.2 Å². The van der Waals surface area contributed by atoms with Crippen molar-refractivity contribution in [3.63, 3.8) is 0 Å². The van der Waals surface area contributed by atoms with Crippen molar-refractivity contribution in [2.45, 2.75) is 33.2 Å². The minimum absolute atomic E-state index is 0.135. The van der Waals surface area contributed by atoms with E-state index in [4.69, 9.17) is 4.74 Å². The second-order valence-corrected chi connectivity index (χ2v) is 8.29. The number of para-hydroxylation sites is 2. The quantitative estimate of drug-likeness (QED) is 0.641. The van der Waals surface area contributed by atoms with E-state index < -0.39 is 18.0 Å². The fraction of sp³-hybridized carbons (Fsp3) is 0.360. The van der Waals surface area contributed by atoms with Gasteiger partial charge in [0, 0.05) is 23.5 Å². The lowest BCUT2D eigenvalue weighted by Crippen LogP contribution is -2.46. The van der Waals surface area contributed by atoms with E-state index in [1.165, 1.54) is 4.90 Å². The van der Waals surface area contributed by atoms with Crippen molar-refractivity contribution in [1.29, 1.82) is 0 Å². The van der Waals surface area contributed by atoms with Gasteiger partial charge in [0.2, 0.25) is 5.91 Å². The molecule has 0 radical (unpaired) electrons. The summed E-state index contributed by atoms with van der Waals surface area (Å²) in [6.45, 7) is 6.13. The number of carbonyl (C=O) groups is 3. The van der Waals surface area contributed by atoms with E-state index in [0.717, 1.165) is 12.0 Å². The summed E-state index contributed by atoms with van der Waals surface area (Å²) in [7, 11) is 0. The predicted octanol–water partition coefficient (Wildman–Crippen LogP) is 3.62. The van der Waals surface area contributed by atoms with Crippen LogP contribution in [0.1, 0.15) is 32.8 Å². The molecule has 0 aliphatic carbocycles. The molecule has 33 heavy (non-hydrogen) atoms. The van der Waals surface area contributed by atoms with Crippen molar-refractivity contribution >= 4 is 35.0 Å². The highest BCUT2D eigenvalue weighted by molar-refractivity contribution is 6.13. The monoisotopic (exact) mass is 450 g/mol. The number of nitrogens with one attached hydrogen (secondary N) is 2. The first-order valence-corrected chi connectivity index (χ1v) is 11.1. The summed E-state index contributed by atoms with van der Waals surface area (Å²) in [5.74, 6) is -0.184. The molecule has 0 fully saturated rings. The average molecular weight is 451 g/mol. The Balaban J connectivity index is 1.73. The van der Waals surface area contributed by atoms with Gasteiger partial charge < -0.3 is 15.0 Å². The number of fused-ring (bicyclic) bond motifs is 1. The molecule has 8 heteroatoms. The minimum Gasteiger partial charge on any atom is -0.446 e. The Kier molecular flexibility index (Phi) is 8.18. The Bertz CT molecular complexity index is 1020. The molecule has 0 bridgehead atoms. The number of aliphatic imine (C=N–C) groups is 1. The van der Waals surface area contributed by atoms with Gasteiger partial charge in [0.15, 0.2) is 6.04 Å². The third kappa shape index (κ3) is 6.65. The van der Waals surface area contributed by atoms with Gasteiger partial charge in [-0.05, 0) is 37.5 Å². The molecular formula is C25H30N4O4. The Morgan fingerprint density at radius 2 is 1.79 bits per heavy atom. The molecule has 2 aromatic rings. The van der Waals surface area contributed by atoms with Crippen LogP contribution in [-0.4, -0.2) is 49.4 Å². The summed E-state index contributed by atoms with van der Waals surface area (Å²) in [5.41, 5.74) is 2.59. The van der Waals surface area contributed by atoms with Crippen LogP contribution >= 0.6 is 0 Å². The first-order chi connectivity index (χ1) is 15.8. The molecule has 0 saturated heterocycles. The fourth-order valence-corrected chi connectivity index (χ4v) is 3.47. The molecule has 1 unspecified atom stereocenters. The summed E-state index contributed by atoms with van der Waals surface area (Å²) in [4.78, 5) is 44.1. The van der Waals surface area contributed by atoms with Crippen LogP contribution in [-0.2, 0) is 14.3 Å². The maximum atomic E-state index is 13.4. The van der Waals surface area contributed by atoms with E-state index in [9.17, 15) is 14.4 Å². The molecule has 0 saturated carbocycles. The lowest BCUT2D eigenvalue weighted by atomic mass is 10.1. The average Bonchev–Trinajstić information content (AvgIpc) is 2.89. The van der Waals surface area contributed by atoms with Gasteiger partial charge in [-0.25, -0.2) is 4.79 Å². The van der Waals surface area contributed by atoms with Crippen molar-refractivity contribution in [3.8, 4) is 0 Å². The number of rotatable bonds is 8. The van der Waals surface area contributed by atoms with Gasteiger partial charge in [0.25, 0.3) is 5.91 Å². The van der Waals surface area contributed by atoms with Crippen molar-refractivity contribution in [2.24, 2.45) is 10.9 Å². The predicted molar refractivity (Wildman–Crippen MR) is 129 cm³/mol. The molecule has 0 spiro atoms. The van der Waals surface area contributed by atoms with Gasteiger partial charge in [-0.3, -0.25) is 19.9 Å². The number of nitrogens with zero attached hydrogens (tertiary/aromatic N) is 2. The standard InChI is InChI=1S/C25H30N4O4/c1-17(2)13-14-26-23(30)15-29-22-12-8-7-11-20(22)18(3)27-21(24(29)31)16-33-25(32)28-19-9-5-4-6-10-19/h4-12,17,21H,13-16H2,1-3H3,(H,26,30)(H,28,32). The SMILES string of the molecule is CC1=NC(COC(=O)Nc2ccccc2)C(=O)N(CC(=O)NCCC(C)C)c2ccccc21. The Morgan fingerprint density at radius 1 is 1.09 bits per heavy atom. The zero-order valence-electron chi connectivity index (χ0n) is 19.2. The molecule has 174 valence electrons. The van der Waals surface area contributed by atoms with Crippen LogP contribution in [0, 0.1) is 5.92 Å². The van der Waals surface area contributed by atoms with E-state index in [2.05, 4.69) is 29.5 Å². The van der Waals surface area contributed by atoms with Crippen molar-refractivity contribution < 1.29 is 19.1 Å². The zero-order chi connectivity index (χ0) is 23.8. The highest BCUT2D eigenvalue weighted by Crippen LogP contribution is 2.26. The smallest absolute Gasteiger partial charge is 0.411 e. The molecule has 8 nitrogen and oxygen atoms in total. The van der Waals surface area contributed by atoms with E-state index in [0.29, 0.717) is 29.5 Å². The van der Waals surface area contributed by atoms with Crippen LogP contribution in [0.25, 0.3) is 0 Å². The molecular weight excluding hydrogens is 420 g/mol. The van der Waals surface area contributed by atoms with Gasteiger partial charge in [-0.15, -0.1) is 0 Å². The van der Waals surface area contributed by atoms with E-state index in [-0.39, 0.29) is 19.1 Å². The van der Waals surface area contributed by atoms with Crippen molar-refractivity contribution in [2.75, 3.05) is 29.9 Å². The van der Waals surface area contributed by atoms with E-state index >= 15 is 0 Å². The topological polar surface area (TPSA) is 100 Å². The number of benzene rings is 2. The minimum atomic E-state index is -0.956. The number of amides is 3. The molecule has 2 aromatic carbocycles. The number of carbonyl (C=O) groups excluding carboxylic acids is 3. The first kappa shape index (κ1) is 24.0. The molecule has 1 aliphatic heterocycles. The Labute approximate surface area is 194 Å². The van der Waals surface area contributed by atoms with Gasteiger partial charge in [-0.1, -0.05) is 50.2 Å². The Hall–Kier alpha value is -3.68. The second kappa shape index (κ2) is 11.3. The van der Waals surface area contributed by atoms with Crippen LogP contribution in [0.3, 0.4) is 0 Å². The third-order valence-corrected chi connectivity index (χ3v) is 5.22. The largest absolute Gasteiger partial charge is 0.446 e. The lowest BCUT2D eigenvalue weighted by molar-refractivity contribution is -0.124. The van der Waals surface area contributed by atoms with Crippen LogP contribution in [0.5, 0.6) is 0 Å². The summed E-state index contributed by atoms with van der Waals surface area (Å²) in [5, 5.41) is 5.49. The zero-order valence-corrected chi connectivity index (χ0v) is 19.2. The molecule has 3 rings (SSSR count). The number of hydrogen-bond acceptors (Lipinski definition) is 5. The highest BCUT2D eigenvalue weighted by atomic mass is 16.5. The van der Waals surface area contributed by atoms with Crippen LogP contribution in [0.2, 0.25) is 0 Å². The maximum absolute atomic E-state index is 13.4. The van der Waals surface area contributed by atoms with E-state index in [1.807, 2.05) is 24.3 Å². The van der Waals surface area contributed by atoms with Gasteiger partial charge in [-0.2, -0.15) is 0 Å². The number of ether oxygens (including phenoxy) is 1. The molecule has 2 N–H and O–H groups in total. The Morgan fingerprint density at radius 3 is 2.52 bits per heavy atom. The summed E-state index contributed by atoms with van der Waals surface area (Å²) < 4.78 is 5.30. The van der Waals surface area contributed by atoms with Gasteiger partial charge in [0.05, 0.1) is 5.69 Å². The van der Waals surface area contributed by atoms with Crippen LogP contribution in [0.4, 0.5) is 16.2 Å². The lowest BCUT2D eigenvalue weighted by Gasteiger charge is -2.24. The molecule has 1 aliphatic rings. The van der Waals surface area contributed by atoms with Crippen LogP contribution in [0.15, 0.2) is 59.6 Å². The van der Waals surface area contributed by atoms with E-state index in [1.54, 1.807) is 37.3 Å². The molecule has 3 amide bonds. The maximum Gasteiger partial charge on any atom is 0.411 e. The summed E-state index contributed by atoms with van der Waals surface area (Å²) >= 11 is 0. The summed E-state index contributed by atoms with van der Waals surface area (Å²) in [6.07, 6.45) is 0.174. The third-order valence-electron chi connectivity index (χ3n) is 5.22. The number of anilines is 2. The molecule has 1 heterocycles. The first-order valence-electron chi connectivity index (χ1n) is 11.1. The number of benzodiazepines with no additional fused rings is 1. The fourth-order valence-electron chi connectivity index (χ4n) is 3.47. The van der Waals surface area contributed by atoms with Crippen LogP contribution < -0.4 is 15.5 Å². The highest BCUT2D eigenvalue weighted by Gasteiger charge is 2.32. The second-order valence-electron chi connectivity index (χ2n) is 8.29. The molecule has 0 aromatic heterocycles. The van der Waals surface area contributed by atoms with Gasteiger partial charge >= 0.3 is 6.09 Å². The molecule has 1 atom stereocenters.